The fourth-order valence-electron chi connectivity index (χ4n) is 2.55. The minimum atomic E-state index is -3.47. The zero-order chi connectivity index (χ0) is 17.7. The molecule has 25 heavy (non-hydrogen) atoms. The van der Waals surface area contributed by atoms with Crippen LogP contribution in [0, 0.1) is 0 Å². The van der Waals surface area contributed by atoms with E-state index in [1.165, 1.54) is 0 Å². The van der Waals surface area contributed by atoms with E-state index in [0.717, 1.165) is 16.5 Å². The molecule has 0 saturated heterocycles. The van der Waals surface area contributed by atoms with Gasteiger partial charge in [0.05, 0.1) is 5.75 Å². The van der Waals surface area contributed by atoms with Crippen LogP contribution in [0.5, 0.6) is 5.75 Å². The van der Waals surface area contributed by atoms with Crippen LogP contribution in [0.4, 0.5) is 0 Å². The number of fused-ring (bicyclic) bond motifs is 1. The Balaban J connectivity index is 1.56. The molecule has 0 aliphatic heterocycles. The SMILES string of the molecule is O=S(=O)(Cc1ccccc1Cl)NCCOc1cccc2ccccc12. The van der Waals surface area contributed by atoms with E-state index in [2.05, 4.69) is 4.72 Å². The molecule has 0 amide bonds. The molecule has 0 aromatic heterocycles. The standard InChI is InChI=1S/C19H18ClNO3S/c20-18-10-4-2-7-16(18)14-25(22,23)21-12-13-24-19-11-5-8-15-6-1-3-9-17(15)19/h1-11,21H,12-14H2. The average Bonchev–Trinajstić information content (AvgIpc) is 2.61. The van der Waals surface area contributed by atoms with Crippen LogP contribution in [0.25, 0.3) is 10.8 Å². The van der Waals surface area contributed by atoms with Crippen molar-refractivity contribution in [2.75, 3.05) is 13.2 Å². The van der Waals surface area contributed by atoms with Crippen LogP contribution in [0.3, 0.4) is 0 Å². The molecule has 3 aromatic carbocycles. The molecule has 0 bridgehead atoms. The van der Waals surface area contributed by atoms with Crippen molar-refractivity contribution in [2.45, 2.75) is 5.75 Å². The lowest BCUT2D eigenvalue weighted by Crippen LogP contribution is -2.29. The Morgan fingerprint density at radius 2 is 1.64 bits per heavy atom. The third-order valence-electron chi connectivity index (χ3n) is 3.73. The van der Waals surface area contributed by atoms with E-state index in [1.807, 2.05) is 42.5 Å². The van der Waals surface area contributed by atoms with Gasteiger partial charge in [0.1, 0.15) is 12.4 Å². The van der Waals surface area contributed by atoms with Crippen molar-refractivity contribution < 1.29 is 13.2 Å². The number of rotatable bonds is 7. The summed E-state index contributed by atoms with van der Waals surface area (Å²) in [7, 11) is -3.47. The highest BCUT2D eigenvalue weighted by Crippen LogP contribution is 2.25. The summed E-state index contributed by atoms with van der Waals surface area (Å²) in [6.45, 7) is 0.436. The van der Waals surface area contributed by atoms with Crippen molar-refractivity contribution in [3.63, 3.8) is 0 Å². The Kier molecular flexibility index (Phi) is 5.58. The Morgan fingerprint density at radius 1 is 0.920 bits per heavy atom. The second-order valence-corrected chi connectivity index (χ2v) is 7.78. The number of benzene rings is 3. The van der Waals surface area contributed by atoms with Crippen molar-refractivity contribution in [2.24, 2.45) is 0 Å². The van der Waals surface area contributed by atoms with Crippen LogP contribution in [0.2, 0.25) is 5.02 Å². The van der Waals surface area contributed by atoms with E-state index >= 15 is 0 Å². The van der Waals surface area contributed by atoms with Gasteiger partial charge in [-0.25, -0.2) is 13.1 Å². The fourth-order valence-corrected chi connectivity index (χ4v) is 3.99. The predicted molar refractivity (Wildman–Crippen MR) is 102 cm³/mol. The third kappa shape index (κ3) is 4.72. The normalized spacial score (nSPS) is 11.6. The monoisotopic (exact) mass is 375 g/mol. The molecule has 0 aliphatic carbocycles. The van der Waals surface area contributed by atoms with Gasteiger partial charge in [0.25, 0.3) is 0 Å². The highest BCUT2D eigenvalue weighted by Gasteiger charge is 2.13. The molecule has 0 unspecified atom stereocenters. The summed E-state index contributed by atoms with van der Waals surface area (Å²) in [5.41, 5.74) is 0.576. The molecule has 0 fully saturated rings. The molecular formula is C19H18ClNO3S. The van der Waals surface area contributed by atoms with Gasteiger partial charge in [-0.3, -0.25) is 0 Å². The summed E-state index contributed by atoms with van der Waals surface area (Å²) in [6, 6.07) is 20.6. The average molecular weight is 376 g/mol. The van der Waals surface area contributed by atoms with Crippen molar-refractivity contribution >= 4 is 32.4 Å². The Labute approximate surface area is 152 Å². The van der Waals surface area contributed by atoms with E-state index < -0.39 is 10.0 Å². The minimum absolute atomic E-state index is 0.152. The van der Waals surface area contributed by atoms with Gasteiger partial charge >= 0.3 is 0 Å². The summed E-state index contributed by atoms with van der Waals surface area (Å²) in [6.07, 6.45) is 0. The molecule has 6 heteroatoms. The van der Waals surface area contributed by atoms with Crippen molar-refractivity contribution in [3.05, 3.63) is 77.3 Å². The fraction of sp³-hybridized carbons (Fsp3) is 0.158. The lowest BCUT2D eigenvalue weighted by atomic mass is 10.1. The second kappa shape index (κ2) is 7.87. The van der Waals surface area contributed by atoms with Crippen LogP contribution >= 0.6 is 11.6 Å². The molecule has 1 N–H and O–H groups in total. The Morgan fingerprint density at radius 3 is 2.48 bits per heavy atom. The minimum Gasteiger partial charge on any atom is -0.492 e. The smallest absolute Gasteiger partial charge is 0.215 e. The molecule has 0 atom stereocenters. The van der Waals surface area contributed by atoms with Gasteiger partial charge in [0.2, 0.25) is 10.0 Å². The van der Waals surface area contributed by atoms with Crippen LogP contribution in [0.15, 0.2) is 66.7 Å². The molecule has 0 saturated carbocycles. The van der Waals surface area contributed by atoms with Crippen molar-refractivity contribution in [1.29, 1.82) is 0 Å². The second-order valence-electron chi connectivity index (χ2n) is 5.57. The maximum atomic E-state index is 12.2. The van der Waals surface area contributed by atoms with E-state index in [0.29, 0.717) is 10.6 Å². The molecule has 130 valence electrons. The largest absolute Gasteiger partial charge is 0.492 e. The maximum absolute atomic E-state index is 12.2. The molecule has 0 aliphatic rings. The summed E-state index contributed by atoms with van der Waals surface area (Å²) >= 11 is 6.01. The zero-order valence-corrected chi connectivity index (χ0v) is 15.1. The van der Waals surface area contributed by atoms with Crippen LogP contribution in [0.1, 0.15) is 5.56 Å². The van der Waals surface area contributed by atoms with Gasteiger partial charge in [-0.2, -0.15) is 0 Å². The number of ether oxygens (including phenoxy) is 1. The molecule has 3 rings (SSSR count). The first-order chi connectivity index (χ1) is 12.1. The first-order valence-electron chi connectivity index (χ1n) is 7.86. The quantitative estimate of drug-likeness (QED) is 0.635. The number of halogens is 1. The van der Waals surface area contributed by atoms with Crippen LogP contribution < -0.4 is 9.46 Å². The molecule has 0 heterocycles. The van der Waals surface area contributed by atoms with Crippen molar-refractivity contribution in [1.82, 2.24) is 4.72 Å². The summed E-state index contributed by atoms with van der Waals surface area (Å²) in [5.74, 6) is 0.587. The van der Waals surface area contributed by atoms with E-state index in [1.54, 1.807) is 24.3 Å². The van der Waals surface area contributed by atoms with Crippen LogP contribution in [-0.4, -0.2) is 21.6 Å². The van der Waals surface area contributed by atoms with Crippen molar-refractivity contribution in [3.8, 4) is 5.75 Å². The lowest BCUT2D eigenvalue weighted by molar-refractivity contribution is 0.326. The van der Waals surface area contributed by atoms with E-state index in [4.69, 9.17) is 16.3 Å². The number of hydrogen-bond donors (Lipinski definition) is 1. The lowest BCUT2D eigenvalue weighted by Gasteiger charge is -2.11. The molecule has 3 aromatic rings. The highest BCUT2D eigenvalue weighted by atomic mass is 35.5. The number of nitrogens with one attached hydrogen (secondary N) is 1. The topological polar surface area (TPSA) is 55.4 Å². The summed E-state index contributed by atoms with van der Waals surface area (Å²) in [4.78, 5) is 0. The number of hydrogen-bond acceptors (Lipinski definition) is 3. The van der Waals surface area contributed by atoms with Gasteiger partial charge in [-0.05, 0) is 23.1 Å². The van der Waals surface area contributed by atoms with E-state index in [-0.39, 0.29) is 18.9 Å². The number of sulfonamides is 1. The Hall–Kier alpha value is -2.08. The van der Waals surface area contributed by atoms with Gasteiger partial charge in [-0.1, -0.05) is 66.2 Å². The van der Waals surface area contributed by atoms with Gasteiger partial charge in [0, 0.05) is 17.0 Å². The third-order valence-corrected chi connectivity index (χ3v) is 5.44. The highest BCUT2D eigenvalue weighted by molar-refractivity contribution is 7.88. The van der Waals surface area contributed by atoms with Crippen LogP contribution in [-0.2, 0) is 15.8 Å². The summed E-state index contributed by atoms with van der Waals surface area (Å²) in [5, 5.41) is 2.53. The van der Waals surface area contributed by atoms with E-state index in [9.17, 15) is 8.42 Å². The van der Waals surface area contributed by atoms with Gasteiger partial charge < -0.3 is 4.74 Å². The summed E-state index contributed by atoms with van der Waals surface area (Å²) < 4.78 is 32.6. The molecular weight excluding hydrogens is 358 g/mol. The first-order valence-corrected chi connectivity index (χ1v) is 9.89. The Bertz CT molecular complexity index is 968. The predicted octanol–water partition coefficient (Wildman–Crippen LogP) is 3.99. The van der Waals surface area contributed by atoms with Gasteiger partial charge in [-0.15, -0.1) is 0 Å². The van der Waals surface area contributed by atoms with Gasteiger partial charge in [0.15, 0.2) is 0 Å². The zero-order valence-electron chi connectivity index (χ0n) is 13.5. The molecule has 4 nitrogen and oxygen atoms in total. The molecule has 0 spiro atoms. The molecule has 0 radical (unpaired) electrons. The maximum Gasteiger partial charge on any atom is 0.215 e. The first kappa shape index (κ1) is 17.7.